The van der Waals surface area contributed by atoms with Crippen molar-refractivity contribution in [3.05, 3.63) is 47.7 Å². The molecule has 8 nitrogen and oxygen atoms in total. The molecule has 0 aliphatic carbocycles. The molecule has 0 radical (unpaired) electrons. The summed E-state index contributed by atoms with van der Waals surface area (Å²) in [5.74, 6) is -3.59. The summed E-state index contributed by atoms with van der Waals surface area (Å²) in [6.07, 6.45) is 0.870. The molecule has 0 aliphatic heterocycles. The lowest BCUT2D eigenvalue weighted by atomic mass is 10.2. The van der Waals surface area contributed by atoms with E-state index < -0.39 is 33.5 Å². The van der Waals surface area contributed by atoms with Gasteiger partial charge in [0.25, 0.3) is 5.91 Å². The van der Waals surface area contributed by atoms with Gasteiger partial charge in [0.1, 0.15) is 5.82 Å². The van der Waals surface area contributed by atoms with Crippen LogP contribution in [0.3, 0.4) is 0 Å². The van der Waals surface area contributed by atoms with Crippen LogP contribution in [0.1, 0.15) is 21.1 Å². The minimum atomic E-state index is -3.69. The monoisotopic (exact) mass is 342 g/mol. The molecule has 0 aliphatic rings. The maximum absolute atomic E-state index is 13.2. The molecule has 1 aromatic heterocycles. The first-order valence-electron chi connectivity index (χ1n) is 6.07. The molecule has 0 unspecified atom stereocenters. The summed E-state index contributed by atoms with van der Waals surface area (Å²) in [6, 6.07) is 5.31. The van der Waals surface area contributed by atoms with E-state index >= 15 is 0 Å². The van der Waals surface area contributed by atoms with E-state index in [0.29, 0.717) is 0 Å². The van der Waals surface area contributed by atoms with Gasteiger partial charge in [-0.25, -0.2) is 17.6 Å². The number of hydrogen-bond acceptors (Lipinski definition) is 5. The predicted molar refractivity (Wildman–Crippen MR) is 78.5 cm³/mol. The summed E-state index contributed by atoms with van der Waals surface area (Å²) < 4.78 is 42.7. The number of carboxylic acid groups (broad SMARTS) is 1. The molecule has 23 heavy (non-hydrogen) atoms. The van der Waals surface area contributed by atoms with Crippen LogP contribution in [0.25, 0.3) is 0 Å². The number of aromatic carboxylic acids is 1. The maximum Gasteiger partial charge on any atom is 0.371 e. The normalized spacial score (nSPS) is 11.0. The minimum Gasteiger partial charge on any atom is -0.475 e. The number of sulfonamides is 1. The Bertz CT molecular complexity index is 874. The fraction of sp³-hybridized carbons (Fsp3) is 0.0769. The van der Waals surface area contributed by atoms with Crippen LogP contribution in [0, 0.1) is 5.82 Å². The van der Waals surface area contributed by atoms with Crippen LogP contribution in [0.4, 0.5) is 15.8 Å². The van der Waals surface area contributed by atoms with E-state index in [1.165, 1.54) is 0 Å². The molecule has 0 bridgehead atoms. The highest BCUT2D eigenvalue weighted by atomic mass is 32.2. The smallest absolute Gasteiger partial charge is 0.371 e. The Balaban J connectivity index is 2.28. The topological polar surface area (TPSA) is 126 Å². The highest BCUT2D eigenvalue weighted by Gasteiger charge is 2.17. The molecule has 2 rings (SSSR count). The van der Waals surface area contributed by atoms with E-state index in [2.05, 4.69) is 10.0 Å². The number of carboxylic acids is 1. The number of furan rings is 1. The number of hydrogen-bond donors (Lipinski definition) is 3. The van der Waals surface area contributed by atoms with Gasteiger partial charge in [-0.15, -0.1) is 0 Å². The van der Waals surface area contributed by atoms with Crippen molar-refractivity contribution in [2.24, 2.45) is 0 Å². The van der Waals surface area contributed by atoms with Crippen LogP contribution < -0.4 is 10.0 Å². The van der Waals surface area contributed by atoms with Gasteiger partial charge in [0, 0.05) is 6.07 Å². The van der Waals surface area contributed by atoms with Crippen LogP contribution in [0.2, 0.25) is 0 Å². The van der Waals surface area contributed by atoms with Crippen LogP contribution in [0.5, 0.6) is 0 Å². The van der Waals surface area contributed by atoms with Gasteiger partial charge in [0.05, 0.1) is 17.6 Å². The van der Waals surface area contributed by atoms with E-state index in [1.54, 1.807) is 0 Å². The lowest BCUT2D eigenvalue weighted by Gasteiger charge is -2.11. The first kappa shape index (κ1) is 16.5. The Labute approximate surface area is 130 Å². The van der Waals surface area contributed by atoms with E-state index in [1.807, 2.05) is 0 Å². The molecule has 0 saturated heterocycles. The number of rotatable bonds is 5. The van der Waals surface area contributed by atoms with Gasteiger partial charge >= 0.3 is 5.97 Å². The standard InChI is InChI=1S/C13H11FN2O6S/c1-23(20,21)16-9-6-7(14)2-3-8(9)15-12(17)10-4-5-11(22-10)13(18)19/h2-6,16H,1H3,(H,15,17)(H,18,19). The zero-order chi connectivity index (χ0) is 17.2. The Morgan fingerprint density at radius 1 is 1.13 bits per heavy atom. The van der Waals surface area contributed by atoms with Crippen molar-refractivity contribution in [2.45, 2.75) is 0 Å². The van der Waals surface area contributed by atoms with Gasteiger partial charge in [-0.1, -0.05) is 0 Å². The van der Waals surface area contributed by atoms with Crippen molar-refractivity contribution in [1.29, 1.82) is 0 Å². The first-order chi connectivity index (χ1) is 10.7. The number of carbonyl (C=O) groups excluding carboxylic acids is 1. The van der Waals surface area contributed by atoms with Crippen LogP contribution in [-0.4, -0.2) is 31.7 Å². The Morgan fingerprint density at radius 3 is 2.35 bits per heavy atom. The molecule has 0 atom stereocenters. The van der Waals surface area contributed by atoms with Gasteiger partial charge in [0.2, 0.25) is 15.8 Å². The fourth-order valence-corrected chi connectivity index (χ4v) is 2.24. The molecule has 1 heterocycles. The third-order valence-corrected chi connectivity index (χ3v) is 3.16. The maximum atomic E-state index is 13.2. The lowest BCUT2D eigenvalue weighted by Crippen LogP contribution is -2.16. The zero-order valence-corrected chi connectivity index (χ0v) is 12.5. The molecule has 122 valence electrons. The van der Waals surface area contributed by atoms with Gasteiger partial charge < -0.3 is 14.8 Å². The second kappa shape index (κ2) is 6.08. The van der Waals surface area contributed by atoms with Gasteiger partial charge in [-0.2, -0.15) is 0 Å². The summed E-state index contributed by atoms with van der Waals surface area (Å²) >= 11 is 0. The van der Waals surface area contributed by atoms with Crippen molar-refractivity contribution >= 4 is 33.3 Å². The second-order valence-electron chi connectivity index (χ2n) is 4.49. The minimum absolute atomic E-state index is 0.0184. The molecule has 10 heteroatoms. The van der Waals surface area contributed by atoms with Crippen molar-refractivity contribution in [2.75, 3.05) is 16.3 Å². The molecule has 0 fully saturated rings. The predicted octanol–water partition coefficient (Wildman–Crippen LogP) is 1.74. The lowest BCUT2D eigenvalue weighted by molar-refractivity contribution is 0.0660. The van der Waals surface area contributed by atoms with E-state index in [4.69, 9.17) is 9.52 Å². The molecular formula is C13H11FN2O6S. The molecule has 1 aromatic carbocycles. The summed E-state index contributed by atoms with van der Waals surface area (Å²) in [4.78, 5) is 22.7. The highest BCUT2D eigenvalue weighted by molar-refractivity contribution is 7.92. The van der Waals surface area contributed by atoms with E-state index in [9.17, 15) is 22.4 Å². The van der Waals surface area contributed by atoms with Crippen LogP contribution in [0.15, 0.2) is 34.7 Å². The van der Waals surface area contributed by atoms with Gasteiger partial charge in [-0.05, 0) is 24.3 Å². The molecule has 0 spiro atoms. The average Bonchev–Trinajstić information content (AvgIpc) is 2.90. The highest BCUT2D eigenvalue weighted by Crippen LogP contribution is 2.24. The zero-order valence-electron chi connectivity index (χ0n) is 11.7. The van der Waals surface area contributed by atoms with Crippen LogP contribution in [-0.2, 0) is 10.0 Å². The van der Waals surface area contributed by atoms with Crippen molar-refractivity contribution in [3.8, 4) is 0 Å². The molecule has 1 amide bonds. The van der Waals surface area contributed by atoms with Crippen molar-refractivity contribution in [1.82, 2.24) is 0 Å². The summed E-state index contributed by atoms with van der Waals surface area (Å²) in [7, 11) is -3.69. The number of anilines is 2. The van der Waals surface area contributed by atoms with Crippen molar-refractivity contribution in [3.63, 3.8) is 0 Å². The average molecular weight is 342 g/mol. The number of benzene rings is 1. The van der Waals surface area contributed by atoms with Gasteiger partial charge in [-0.3, -0.25) is 9.52 Å². The second-order valence-corrected chi connectivity index (χ2v) is 6.24. The Kier molecular flexibility index (Phi) is 4.36. The largest absolute Gasteiger partial charge is 0.475 e. The number of halogens is 1. The molecule has 3 N–H and O–H groups in total. The number of carbonyl (C=O) groups is 2. The molecule has 0 saturated carbocycles. The third kappa shape index (κ3) is 4.30. The van der Waals surface area contributed by atoms with Crippen molar-refractivity contribution < 1.29 is 31.9 Å². The fourth-order valence-electron chi connectivity index (χ4n) is 1.67. The molecular weight excluding hydrogens is 331 g/mol. The number of nitrogens with one attached hydrogen (secondary N) is 2. The number of amides is 1. The van der Waals surface area contributed by atoms with E-state index in [0.717, 1.165) is 36.6 Å². The Hall–Kier alpha value is -2.88. The quantitative estimate of drug-likeness (QED) is 0.760. The summed E-state index contributed by atoms with van der Waals surface area (Å²) in [5, 5.41) is 11.0. The third-order valence-electron chi connectivity index (χ3n) is 2.57. The SMILES string of the molecule is CS(=O)(=O)Nc1cc(F)ccc1NC(=O)c1ccc(C(=O)O)o1. The van der Waals surface area contributed by atoms with E-state index in [-0.39, 0.29) is 17.1 Å². The summed E-state index contributed by atoms with van der Waals surface area (Å²) in [6.45, 7) is 0. The molecule has 2 aromatic rings. The first-order valence-corrected chi connectivity index (χ1v) is 7.96. The summed E-state index contributed by atoms with van der Waals surface area (Å²) in [5.41, 5.74) is -0.194. The van der Waals surface area contributed by atoms with Gasteiger partial charge in [0.15, 0.2) is 5.76 Å². The van der Waals surface area contributed by atoms with Crippen LogP contribution >= 0.6 is 0 Å². The Morgan fingerprint density at radius 2 is 1.78 bits per heavy atom.